The Morgan fingerprint density at radius 2 is 1.77 bits per heavy atom. The number of fused-ring (bicyclic) bond motifs is 1. The number of carbonyl (C=O) groups is 1. The predicted molar refractivity (Wildman–Crippen MR) is 136 cm³/mol. The van der Waals surface area contributed by atoms with Gasteiger partial charge in [0.05, 0.1) is 13.2 Å². The number of methoxy groups -OCH3 is 1. The quantitative estimate of drug-likeness (QED) is 0.345. The highest BCUT2D eigenvalue weighted by molar-refractivity contribution is 6.31. The van der Waals surface area contributed by atoms with Crippen LogP contribution in [-0.4, -0.2) is 39.8 Å². The summed E-state index contributed by atoms with van der Waals surface area (Å²) < 4.78 is 5.26. The molecule has 6 nitrogen and oxygen atoms in total. The third kappa shape index (κ3) is 4.26. The molecule has 4 aromatic rings. The van der Waals surface area contributed by atoms with Crippen LogP contribution in [-0.2, 0) is 12.8 Å². The molecule has 0 saturated heterocycles. The fourth-order valence-electron chi connectivity index (χ4n) is 4.65. The fourth-order valence-corrected chi connectivity index (χ4v) is 4.83. The molecule has 2 heterocycles. The van der Waals surface area contributed by atoms with Crippen molar-refractivity contribution in [2.24, 2.45) is 0 Å². The second-order valence-corrected chi connectivity index (χ2v) is 9.05. The second-order valence-electron chi connectivity index (χ2n) is 8.62. The van der Waals surface area contributed by atoms with Crippen molar-refractivity contribution in [3.05, 3.63) is 99.7 Å². The Morgan fingerprint density at radius 3 is 2.46 bits per heavy atom. The maximum absolute atomic E-state index is 13.6. The maximum Gasteiger partial charge on any atom is 0.273 e. The third-order valence-corrected chi connectivity index (χ3v) is 6.82. The van der Waals surface area contributed by atoms with Crippen LogP contribution in [0.1, 0.15) is 45.7 Å². The molecule has 5 rings (SSSR count). The van der Waals surface area contributed by atoms with Gasteiger partial charge in [0, 0.05) is 22.7 Å². The Labute approximate surface area is 209 Å². The summed E-state index contributed by atoms with van der Waals surface area (Å²) >= 11 is 6.23. The standard InChI is InChI=1S/C28H26ClN3O3/c1-3-17-4-8-19(9-5-17)27-24-25(22-16-20(29)10-13-23(22)33)30-31-26(24)28(34)32(27)15-14-18-6-11-21(35-2)12-7-18/h4-13,16,27,33H,3,14-15H2,1-2H3,(H,30,31). The summed E-state index contributed by atoms with van der Waals surface area (Å²) in [5, 5.41) is 18.4. The van der Waals surface area contributed by atoms with Crippen LogP contribution in [0, 0.1) is 0 Å². The average Bonchev–Trinajstić information content (AvgIpc) is 3.43. The van der Waals surface area contributed by atoms with Gasteiger partial charge in [-0.1, -0.05) is 54.9 Å². The summed E-state index contributed by atoms with van der Waals surface area (Å²) in [6.45, 7) is 2.64. The van der Waals surface area contributed by atoms with E-state index in [0.717, 1.165) is 28.9 Å². The van der Waals surface area contributed by atoms with Crippen molar-refractivity contribution in [3.8, 4) is 22.8 Å². The van der Waals surface area contributed by atoms with Crippen molar-refractivity contribution in [1.82, 2.24) is 15.1 Å². The molecule has 0 spiro atoms. The molecular formula is C28H26ClN3O3. The predicted octanol–water partition coefficient (Wildman–Crippen LogP) is 5.79. The molecule has 1 amide bonds. The summed E-state index contributed by atoms with van der Waals surface area (Å²) in [6.07, 6.45) is 1.62. The summed E-state index contributed by atoms with van der Waals surface area (Å²) in [6, 6.07) is 20.7. The lowest BCUT2D eigenvalue weighted by Crippen LogP contribution is -2.31. The molecule has 0 bridgehead atoms. The van der Waals surface area contributed by atoms with Gasteiger partial charge in [0.25, 0.3) is 5.91 Å². The van der Waals surface area contributed by atoms with Gasteiger partial charge in [-0.2, -0.15) is 5.10 Å². The zero-order chi connectivity index (χ0) is 24.5. The molecule has 1 aromatic heterocycles. The summed E-state index contributed by atoms with van der Waals surface area (Å²) in [7, 11) is 1.64. The number of phenols is 1. The van der Waals surface area contributed by atoms with Crippen LogP contribution in [0.2, 0.25) is 5.02 Å². The van der Waals surface area contributed by atoms with Gasteiger partial charge in [-0.3, -0.25) is 9.89 Å². The number of aromatic nitrogens is 2. The van der Waals surface area contributed by atoms with E-state index in [-0.39, 0.29) is 17.7 Å². The SMILES string of the molecule is CCc1ccc(C2c3c(-c4cc(Cl)ccc4O)n[nH]c3C(=O)N2CCc2ccc(OC)cc2)cc1. The highest BCUT2D eigenvalue weighted by Gasteiger charge is 2.42. The normalized spacial score (nSPS) is 14.9. The largest absolute Gasteiger partial charge is 0.507 e. The molecule has 0 fully saturated rings. The minimum absolute atomic E-state index is 0.0629. The number of aromatic hydroxyl groups is 1. The van der Waals surface area contributed by atoms with Gasteiger partial charge in [-0.05, 0) is 59.9 Å². The Morgan fingerprint density at radius 1 is 1.06 bits per heavy atom. The number of H-pyrrole nitrogens is 1. The van der Waals surface area contributed by atoms with E-state index in [0.29, 0.717) is 34.9 Å². The highest BCUT2D eigenvalue weighted by atomic mass is 35.5. The van der Waals surface area contributed by atoms with E-state index in [1.54, 1.807) is 25.3 Å². The molecule has 3 aromatic carbocycles. The molecule has 0 saturated carbocycles. The van der Waals surface area contributed by atoms with Crippen molar-refractivity contribution >= 4 is 17.5 Å². The van der Waals surface area contributed by atoms with Crippen LogP contribution in [0.25, 0.3) is 11.3 Å². The summed E-state index contributed by atoms with van der Waals surface area (Å²) in [4.78, 5) is 15.4. The zero-order valence-electron chi connectivity index (χ0n) is 19.6. The minimum Gasteiger partial charge on any atom is -0.507 e. The number of nitrogens with one attached hydrogen (secondary N) is 1. The maximum atomic E-state index is 13.6. The first-order chi connectivity index (χ1) is 17.0. The van der Waals surface area contributed by atoms with Crippen molar-refractivity contribution < 1.29 is 14.6 Å². The highest BCUT2D eigenvalue weighted by Crippen LogP contribution is 2.45. The van der Waals surface area contributed by atoms with Gasteiger partial charge in [-0.25, -0.2) is 0 Å². The molecule has 7 heteroatoms. The Hall–Kier alpha value is -3.77. The number of nitrogens with zero attached hydrogens (tertiary/aromatic N) is 2. The van der Waals surface area contributed by atoms with Crippen LogP contribution >= 0.6 is 11.6 Å². The number of phenolic OH excluding ortho intramolecular Hbond substituents is 1. The van der Waals surface area contributed by atoms with Crippen molar-refractivity contribution in [1.29, 1.82) is 0 Å². The third-order valence-electron chi connectivity index (χ3n) is 6.58. The van der Waals surface area contributed by atoms with Crippen LogP contribution in [0.5, 0.6) is 11.5 Å². The molecular weight excluding hydrogens is 462 g/mol. The molecule has 35 heavy (non-hydrogen) atoms. The lowest BCUT2D eigenvalue weighted by Gasteiger charge is -2.27. The molecule has 178 valence electrons. The number of aryl methyl sites for hydroxylation is 1. The van der Waals surface area contributed by atoms with E-state index in [2.05, 4.69) is 41.4 Å². The summed E-state index contributed by atoms with van der Waals surface area (Å²) in [5.41, 5.74) is 5.56. The van der Waals surface area contributed by atoms with Crippen LogP contribution in [0.3, 0.4) is 0 Å². The average molecular weight is 488 g/mol. The number of benzene rings is 3. The molecule has 1 unspecified atom stereocenters. The van der Waals surface area contributed by atoms with Crippen molar-refractivity contribution in [3.63, 3.8) is 0 Å². The van der Waals surface area contributed by atoms with Crippen molar-refractivity contribution in [2.75, 3.05) is 13.7 Å². The molecule has 2 N–H and O–H groups in total. The number of hydrogen-bond acceptors (Lipinski definition) is 4. The first-order valence-electron chi connectivity index (χ1n) is 11.6. The molecule has 1 aliphatic rings. The molecule has 1 aliphatic heterocycles. The van der Waals surface area contributed by atoms with Gasteiger partial charge in [0.1, 0.15) is 22.9 Å². The van der Waals surface area contributed by atoms with Gasteiger partial charge >= 0.3 is 0 Å². The van der Waals surface area contributed by atoms with Gasteiger partial charge in [0.15, 0.2) is 0 Å². The molecule has 1 atom stereocenters. The Kier molecular flexibility index (Phi) is 6.22. The van der Waals surface area contributed by atoms with E-state index < -0.39 is 0 Å². The number of aromatic amines is 1. The summed E-state index contributed by atoms with van der Waals surface area (Å²) in [5.74, 6) is 0.748. The van der Waals surface area contributed by atoms with Gasteiger partial charge in [0.2, 0.25) is 0 Å². The van der Waals surface area contributed by atoms with Crippen LogP contribution < -0.4 is 4.74 Å². The first-order valence-corrected chi connectivity index (χ1v) is 12.0. The van der Waals surface area contributed by atoms with Gasteiger partial charge < -0.3 is 14.7 Å². The smallest absolute Gasteiger partial charge is 0.273 e. The van der Waals surface area contributed by atoms with E-state index in [4.69, 9.17) is 16.3 Å². The van der Waals surface area contributed by atoms with Gasteiger partial charge in [-0.15, -0.1) is 0 Å². The molecule has 0 radical (unpaired) electrons. The Bertz CT molecular complexity index is 1360. The lowest BCUT2D eigenvalue weighted by atomic mass is 9.94. The Balaban J connectivity index is 1.56. The minimum atomic E-state index is -0.339. The first kappa shape index (κ1) is 23.0. The molecule has 0 aliphatic carbocycles. The number of carbonyl (C=O) groups excluding carboxylic acids is 1. The fraction of sp³-hybridized carbons (Fsp3) is 0.214. The van der Waals surface area contributed by atoms with Crippen molar-refractivity contribution in [2.45, 2.75) is 25.8 Å². The van der Waals surface area contributed by atoms with E-state index in [1.807, 2.05) is 29.2 Å². The number of rotatable bonds is 7. The zero-order valence-corrected chi connectivity index (χ0v) is 20.3. The van der Waals surface area contributed by atoms with Crippen LogP contribution in [0.4, 0.5) is 0 Å². The lowest BCUT2D eigenvalue weighted by molar-refractivity contribution is 0.0746. The van der Waals surface area contributed by atoms with E-state index in [1.165, 1.54) is 5.56 Å². The number of amides is 1. The van der Waals surface area contributed by atoms with E-state index >= 15 is 0 Å². The van der Waals surface area contributed by atoms with E-state index in [9.17, 15) is 9.90 Å². The second kappa shape index (κ2) is 9.47. The number of ether oxygens (including phenoxy) is 1. The van der Waals surface area contributed by atoms with Crippen LogP contribution in [0.15, 0.2) is 66.7 Å². The number of hydrogen-bond donors (Lipinski definition) is 2. The topological polar surface area (TPSA) is 78.5 Å². The monoisotopic (exact) mass is 487 g/mol. The number of halogens is 1.